The fourth-order valence-electron chi connectivity index (χ4n) is 3.12. The van der Waals surface area contributed by atoms with Crippen molar-refractivity contribution in [1.29, 1.82) is 5.26 Å². The van der Waals surface area contributed by atoms with Gasteiger partial charge in [-0.15, -0.1) is 0 Å². The minimum Gasteiger partial charge on any atom is -0.395 e. The summed E-state index contributed by atoms with van der Waals surface area (Å²) in [4.78, 5) is 30.8. The third-order valence-corrected chi connectivity index (χ3v) is 4.98. The Labute approximate surface area is 196 Å². The second-order valence-electron chi connectivity index (χ2n) is 6.99. The number of rotatable bonds is 9. The maximum Gasteiger partial charge on any atom is 0.251 e. The number of halogens is 1. The number of aliphatic hydroxyl groups excluding tert-OH is 1. The molecule has 33 heavy (non-hydrogen) atoms. The Balaban J connectivity index is 1.72. The Kier molecular flexibility index (Phi) is 8.36. The van der Waals surface area contributed by atoms with Crippen molar-refractivity contribution in [1.82, 2.24) is 10.3 Å². The van der Waals surface area contributed by atoms with Crippen LogP contribution in [0.4, 0.5) is 11.5 Å². The highest BCUT2D eigenvalue weighted by molar-refractivity contribution is 6.30. The fraction of sp³-hybridized carbons (Fsp3) is 0.167. The number of amides is 2. The fourth-order valence-corrected chi connectivity index (χ4v) is 3.31. The first-order valence-corrected chi connectivity index (χ1v) is 10.5. The number of nitrogens with zero attached hydrogens (tertiary/aromatic N) is 3. The van der Waals surface area contributed by atoms with Gasteiger partial charge in [0, 0.05) is 29.0 Å². The van der Waals surface area contributed by atoms with E-state index < -0.39 is 0 Å². The number of carbonyl (C=O) groups excluding carboxylic acids is 2. The maximum absolute atomic E-state index is 12.8. The molecule has 2 amide bonds. The molecule has 3 N–H and O–H groups in total. The summed E-state index contributed by atoms with van der Waals surface area (Å²) in [5.74, 6) is -0.176. The summed E-state index contributed by atoms with van der Waals surface area (Å²) in [5, 5.41) is 24.9. The average Bonchev–Trinajstić information content (AvgIpc) is 2.85. The maximum atomic E-state index is 12.8. The van der Waals surface area contributed by atoms with E-state index in [0.29, 0.717) is 33.2 Å². The van der Waals surface area contributed by atoms with Crippen molar-refractivity contribution in [2.24, 2.45) is 0 Å². The molecule has 1 heterocycles. The molecule has 0 saturated heterocycles. The predicted octanol–water partition coefficient (Wildman–Crippen LogP) is 2.97. The van der Waals surface area contributed by atoms with Crippen molar-refractivity contribution in [3.63, 3.8) is 0 Å². The lowest BCUT2D eigenvalue weighted by molar-refractivity contribution is -0.117. The highest BCUT2D eigenvalue weighted by Crippen LogP contribution is 2.19. The van der Waals surface area contributed by atoms with Crippen LogP contribution in [-0.4, -0.2) is 41.6 Å². The normalized spacial score (nSPS) is 10.2. The molecule has 3 aromatic rings. The molecule has 8 nitrogen and oxygen atoms in total. The number of aliphatic hydroxyl groups is 1. The third-order valence-electron chi connectivity index (χ3n) is 4.75. The van der Waals surface area contributed by atoms with E-state index in [9.17, 15) is 20.0 Å². The quantitative estimate of drug-likeness (QED) is 0.449. The van der Waals surface area contributed by atoms with E-state index in [1.54, 1.807) is 66.9 Å². The Morgan fingerprint density at radius 2 is 1.97 bits per heavy atom. The number of carbonyl (C=O) groups is 2. The van der Waals surface area contributed by atoms with Gasteiger partial charge in [0.25, 0.3) is 5.91 Å². The summed E-state index contributed by atoms with van der Waals surface area (Å²) in [6.07, 6.45) is 1.57. The van der Waals surface area contributed by atoms with E-state index in [1.807, 2.05) is 0 Å². The van der Waals surface area contributed by atoms with Crippen LogP contribution >= 0.6 is 11.6 Å². The smallest absolute Gasteiger partial charge is 0.251 e. The molecule has 1 aromatic heterocycles. The SMILES string of the molecule is N#Cc1ccc(CNC(=O)c2cccc(Cl)c2)c(NCC(=O)N(CCO)c2ccccn2)c1. The molecule has 0 saturated carbocycles. The van der Waals surface area contributed by atoms with Crippen molar-refractivity contribution < 1.29 is 14.7 Å². The summed E-state index contributed by atoms with van der Waals surface area (Å²) in [6, 6.07) is 18.8. The summed E-state index contributed by atoms with van der Waals surface area (Å²) in [7, 11) is 0. The van der Waals surface area contributed by atoms with Gasteiger partial charge in [-0.25, -0.2) is 4.98 Å². The third kappa shape index (κ3) is 6.53. The lowest BCUT2D eigenvalue weighted by atomic mass is 10.1. The molecule has 0 aliphatic rings. The number of aromatic nitrogens is 1. The first kappa shape index (κ1) is 23.7. The number of anilines is 2. The van der Waals surface area contributed by atoms with Gasteiger partial charge in [-0.1, -0.05) is 29.8 Å². The largest absolute Gasteiger partial charge is 0.395 e. The molecule has 0 bridgehead atoms. The Hall–Kier alpha value is -3.93. The standard InChI is InChI=1S/C24H22ClN5O3/c25-20-5-3-4-18(13-20)24(33)29-15-19-8-7-17(14-26)12-21(19)28-16-23(32)30(10-11-31)22-6-1-2-9-27-22/h1-9,12-13,28,31H,10-11,15-16H2,(H,29,33). The molecule has 2 aromatic carbocycles. The Bertz CT molecular complexity index is 1160. The van der Waals surface area contributed by atoms with Crippen molar-refractivity contribution in [3.05, 3.63) is 88.6 Å². The van der Waals surface area contributed by atoms with Crippen LogP contribution in [0.3, 0.4) is 0 Å². The summed E-state index contributed by atoms with van der Waals surface area (Å²) < 4.78 is 0. The van der Waals surface area contributed by atoms with Gasteiger partial charge >= 0.3 is 0 Å². The zero-order valence-corrected chi connectivity index (χ0v) is 18.4. The second-order valence-corrected chi connectivity index (χ2v) is 7.42. The summed E-state index contributed by atoms with van der Waals surface area (Å²) >= 11 is 5.95. The van der Waals surface area contributed by atoms with Gasteiger partial charge in [-0.2, -0.15) is 5.26 Å². The number of nitriles is 1. The molecule has 0 atom stereocenters. The van der Waals surface area contributed by atoms with Gasteiger partial charge in [-0.05, 0) is 48.0 Å². The molecular weight excluding hydrogens is 442 g/mol. The topological polar surface area (TPSA) is 118 Å². The van der Waals surface area contributed by atoms with Crippen molar-refractivity contribution in [3.8, 4) is 6.07 Å². The van der Waals surface area contributed by atoms with Gasteiger partial charge in [0.05, 0.1) is 31.3 Å². The molecule has 0 aliphatic carbocycles. The van der Waals surface area contributed by atoms with Gasteiger partial charge in [-0.3, -0.25) is 14.5 Å². The van der Waals surface area contributed by atoms with Crippen LogP contribution in [0.1, 0.15) is 21.5 Å². The number of hydrogen-bond acceptors (Lipinski definition) is 6. The average molecular weight is 464 g/mol. The van der Waals surface area contributed by atoms with Crippen molar-refractivity contribution in [2.45, 2.75) is 6.54 Å². The van der Waals surface area contributed by atoms with Crippen LogP contribution in [-0.2, 0) is 11.3 Å². The van der Waals surface area contributed by atoms with Crippen LogP contribution in [0.2, 0.25) is 5.02 Å². The number of nitrogens with one attached hydrogen (secondary N) is 2. The monoisotopic (exact) mass is 463 g/mol. The van der Waals surface area contributed by atoms with Crippen molar-refractivity contribution >= 4 is 34.9 Å². The number of benzene rings is 2. The molecule has 0 spiro atoms. The van der Waals surface area contributed by atoms with E-state index in [2.05, 4.69) is 21.7 Å². The highest BCUT2D eigenvalue weighted by atomic mass is 35.5. The first-order valence-electron chi connectivity index (χ1n) is 10.1. The molecule has 9 heteroatoms. The molecule has 0 aliphatic heterocycles. The summed E-state index contributed by atoms with van der Waals surface area (Å²) in [5.41, 5.74) is 2.07. The van der Waals surface area contributed by atoms with Gasteiger partial charge < -0.3 is 15.7 Å². The van der Waals surface area contributed by atoms with Crippen LogP contribution in [0.15, 0.2) is 66.9 Å². The zero-order valence-electron chi connectivity index (χ0n) is 17.7. The second kappa shape index (κ2) is 11.6. The Morgan fingerprint density at radius 1 is 1.12 bits per heavy atom. The molecular formula is C24H22ClN5O3. The predicted molar refractivity (Wildman–Crippen MR) is 126 cm³/mol. The number of pyridine rings is 1. The zero-order chi connectivity index (χ0) is 23.6. The van der Waals surface area contributed by atoms with E-state index >= 15 is 0 Å². The van der Waals surface area contributed by atoms with E-state index in [0.717, 1.165) is 0 Å². The van der Waals surface area contributed by atoms with Crippen LogP contribution in [0, 0.1) is 11.3 Å². The van der Waals surface area contributed by atoms with E-state index in [1.165, 1.54) is 4.90 Å². The Morgan fingerprint density at radius 3 is 2.67 bits per heavy atom. The highest BCUT2D eigenvalue weighted by Gasteiger charge is 2.17. The molecule has 168 valence electrons. The molecule has 0 fully saturated rings. The minimum atomic E-state index is -0.306. The van der Waals surface area contributed by atoms with Crippen LogP contribution in [0.5, 0.6) is 0 Å². The number of hydrogen-bond donors (Lipinski definition) is 3. The lowest BCUT2D eigenvalue weighted by Gasteiger charge is -2.21. The van der Waals surface area contributed by atoms with E-state index in [-0.39, 0.29) is 38.1 Å². The van der Waals surface area contributed by atoms with Gasteiger partial charge in [0.15, 0.2) is 0 Å². The molecule has 0 unspecified atom stereocenters. The summed E-state index contributed by atoms with van der Waals surface area (Å²) in [6.45, 7) is -0.0415. The molecule has 3 rings (SSSR count). The molecule has 0 radical (unpaired) electrons. The minimum absolute atomic E-state index is 0.0955. The lowest BCUT2D eigenvalue weighted by Crippen LogP contribution is -2.38. The first-order chi connectivity index (χ1) is 16.0. The van der Waals surface area contributed by atoms with Gasteiger partial charge in [0.1, 0.15) is 5.82 Å². The van der Waals surface area contributed by atoms with E-state index in [4.69, 9.17) is 11.6 Å². The van der Waals surface area contributed by atoms with Crippen LogP contribution in [0.25, 0.3) is 0 Å². The van der Waals surface area contributed by atoms with Crippen LogP contribution < -0.4 is 15.5 Å². The van der Waals surface area contributed by atoms with Gasteiger partial charge in [0.2, 0.25) is 5.91 Å². The van der Waals surface area contributed by atoms with Crippen molar-refractivity contribution in [2.75, 3.05) is 29.9 Å².